The fourth-order valence-corrected chi connectivity index (χ4v) is 2.27. The average Bonchev–Trinajstić information content (AvgIpc) is 2.69. The maximum atomic E-state index is 11.6. The van der Waals surface area contributed by atoms with Crippen molar-refractivity contribution in [2.24, 2.45) is 11.8 Å². The molecule has 1 heterocycles. The third-order valence-corrected chi connectivity index (χ3v) is 3.54. The van der Waals surface area contributed by atoms with Crippen molar-refractivity contribution in [2.75, 3.05) is 13.2 Å². The van der Waals surface area contributed by atoms with Crippen LogP contribution in [0.15, 0.2) is 12.2 Å². The topological polar surface area (TPSA) is 63.7 Å². The quantitative estimate of drug-likeness (QED) is 0.503. The Morgan fingerprint density at radius 3 is 2.30 bits per heavy atom. The standard InChI is InChI=1S/C15H23NO4/c1-4-5-12(11(2)3)8-9-20-15(19)10-16-13(17)6-7-14(16)18/h6-7,11-12H,4-5,8-10H2,1-3H3. The molecular formula is C15H23NO4. The second-order valence-corrected chi connectivity index (χ2v) is 5.40. The Bertz CT molecular complexity index is 383. The molecule has 0 N–H and O–H groups in total. The smallest absolute Gasteiger partial charge is 0.326 e. The van der Waals surface area contributed by atoms with Gasteiger partial charge in [-0.2, -0.15) is 0 Å². The lowest BCUT2D eigenvalue weighted by atomic mass is 9.89. The first-order valence-corrected chi connectivity index (χ1v) is 7.14. The number of hydrogen-bond acceptors (Lipinski definition) is 4. The van der Waals surface area contributed by atoms with Gasteiger partial charge in [0.15, 0.2) is 0 Å². The van der Waals surface area contributed by atoms with Crippen LogP contribution in [-0.2, 0) is 19.1 Å². The van der Waals surface area contributed by atoms with Crippen molar-refractivity contribution < 1.29 is 19.1 Å². The molecule has 0 saturated heterocycles. The number of imide groups is 1. The van der Waals surface area contributed by atoms with Crippen LogP contribution in [0.25, 0.3) is 0 Å². The van der Waals surface area contributed by atoms with Crippen molar-refractivity contribution >= 4 is 17.8 Å². The summed E-state index contributed by atoms with van der Waals surface area (Å²) in [6, 6.07) is 0. The molecule has 0 aromatic rings. The molecule has 0 radical (unpaired) electrons. The molecule has 0 spiro atoms. The fourth-order valence-electron chi connectivity index (χ4n) is 2.27. The molecule has 5 nitrogen and oxygen atoms in total. The van der Waals surface area contributed by atoms with Gasteiger partial charge in [0.2, 0.25) is 0 Å². The summed E-state index contributed by atoms with van der Waals surface area (Å²) in [5, 5.41) is 0. The zero-order valence-electron chi connectivity index (χ0n) is 12.4. The molecule has 0 aromatic heterocycles. The maximum absolute atomic E-state index is 11.6. The van der Waals surface area contributed by atoms with Gasteiger partial charge in [-0.15, -0.1) is 0 Å². The summed E-state index contributed by atoms with van der Waals surface area (Å²) in [6.45, 7) is 6.50. The molecular weight excluding hydrogens is 258 g/mol. The van der Waals surface area contributed by atoms with Gasteiger partial charge in [0, 0.05) is 12.2 Å². The van der Waals surface area contributed by atoms with Crippen LogP contribution in [0.5, 0.6) is 0 Å². The molecule has 2 amide bonds. The van der Waals surface area contributed by atoms with E-state index in [1.54, 1.807) is 0 Å². The monoisotopic (exact) mass is 281 g/mol. The Morgan fingerprint density at radius 1 is 1.20 bits per heavy atom. The highest BCUT2D eigenvalue weighted by Crippen LogP contribution is 2.20. The second-order valence-electron chi connectivity index (χ2n) is 5.40. The summed E-state index contributed by atoms with van der Waals surface area (Å²) in [7, 11) is 0. The summed E-state index contributed by atoms with van der Waals surface area (Å²) < 4.78 is 5.11. The minimum absolute atomic E-state index is 0.301. The number of ether oxygens (including phenoxy) is 1. The zero-order valence-corrected chi connectivity index (χ0v) is 12.4. The first-order valence-electron chi connectivity index (χ1n) is 7.14. The lowest BCUT2D eigenvalue weighted by molar-refractivity contribution is -0.152. The molecule has 5 heteroatoms. The molecule has 1 aliphatic heterocycles. The van der Waals surface area contributed by atoms with Gasteiger partial charge >= 0.3 is 5.97 Å². The van der Waals surface area contributed by atoms with Crippen LogP contribution in [0.3, 0.4) is 0 Å². The molecule has 0 saturated carbocycles. The Morgan fingerprint density at radius 2 is 1.80 bits per heavy atom. The first-order chi connectivity index (χ1) is 9.45. The van der Waals surface area contributed by atoms with Crippen LogP contribution in [-0.4, -0.2) is 35.8 Å². The summed E-state index contributed by atoms with van der Waals surface area (Å²) >= 11 is 0. The van der Waals surface area contributed by atoms with Crippen LogP contribution < -0.4 is 0 Å². The Kier molecular flexibility index (Phi) is 6.42. The van der Waals surface area contributed by atoms with E-state index >= 15 is 0 Å². The molecule has 20 heavy (non-hydrogen) atoms. The number of amides is 2. The summed E-state index contributed by atoms with van der Waals surface area (Å²) in [5.41, 5.74) is 0. The molecule has 1 aliphatic rings. The van der Waals surface area contributed by atoms with Crippen molar-refractivity contribution in [2.45, 2.75) is 40.0 Å². The second kappa shape index (κ2) is 7.82. The lowest BCUT2D eigenvalue weighted by Crippen LogP contribution is -2.36. The molecule has 0 aromatic carbocycles. The van der Waals surface area contributed by atoms with E-state index in [4.69, 9.17) is 4.74 Å². The van der Waals surface area contributed by atoms with Crippen molar-refractivity contribution in [1.29, 1.82) is 0 Å². The van der Waals surface area contributed by atoms with Gasteiger partial charge in [-0.3, -0.25) is 19.3 Å². The molecule has 0 bridgehead atoms. The Hall–Kier alpha value is -1.65. The van der Waals surface area contributed by atoms with Crippen LogP contribution in [0.1, 0.15) is 40.0 Å². The molecule has 112 valence electrons. The van der Waals surface area contributed by atoms with Crippen molar-refractivity contribution in [3.05, 3.63) is 12.2 Å². The number of hydrogen-bond donors (Lipinski definition) is 0. The van der Waals surface area contributed by atoms with Crippen molar-refractivity contribution in [1.82, 2.24) is 4.90 Å². The molecule has 1 atom stereocenters. The van der Waals surface area contributed by atoms with Gasteiger partial charge in [0.1, 0.15) is 6.54 Å². The highest BCUT2D eigenvalue weighted by molar-refractivity contribution is 6.14. The highest BCUT2D eigenvalue weighted by Gasteiger charge is 2.26. The predicted molar refractivity (Wildman–Crippen MR) is 74.7 cm³/mol. The predicted octanol–water partition coefficient (Wildman–Crippen LogP) is 1.92. The van der Waals surface area contributed by atoms with E-state index in [0.29, 0.717) is 18.4 Å². The van der Waals surface area contributed by atoms with Gasteiger partial charge < -0.3 is 4.74 Å². The van der Waals surface area contributed by atoms with E-state index < -0.39 is 17.8 Å². The number of carbonyl (C=O) groups excluding carboxylic acids is 3. The third kappa shape index (κ3) is 4.79. The van der Waals surface area contributed by atoms with Crippen LogP contribution in [0.2, 0.25) is 0 Å². The number of nitrogens with zero attached hydrogens (tertiary/aromatic N) is 1. The van der Waals surface area contributed by atoms with Gasteiger partial charge in [-0.1, -0.05) is 33.6 Å². The summed E-state index contributed by atoms with van der Waals surface area (Å²) in [4.78, 5) is 35.1. The highest BCUT2D eigenvalue weighted by atomic mass is 16.5. The third-order valence-electron chi connectivity index (χ3n) is 3.54. The average molecular weight is 281 g/mol. The maximum Gasteiger partial charge on any atom is 0.326 e. The van der Waals surface area contributed by atoms with Crippen molar-refractivity contribution in [3.63, 3.8) is 0 Å². The summed E-state index contributed by atoms with van der Waals surface area (Å²) in [5.74, 6) is -0.366. The van der Waals surface area contributed by atoms with Gasteiger partial charge in [-0.05, 0) is 18.3 Å². The Balaban J connectivity index is 2.29. The first kappa shape index (κ1) is 16.4. The number of rotatable bonds is 8. The fraction of sp³-hybridized carbons (Fsp3) is 0.667. The van der Waals surface area contributed by atoms with Gasteiger partial charge in [0.05, 0.1) is 6.61 Å². The van der Waals surface area contributed by atoms with E-state index in [2.05, 4.69) is 20.8 Å². The van der Waals surface area contributed by atoms with Crippen LogP contribution >= 0.6 is 0 Å². The Labute approximate surface area is 120 Å². The van der Waals surface area contributed by atoms with E-state index in [9.17, 15) is 14.4 Å². The van der Waals surface area contributed by atoms with Crippen LogP contribution in [0, 0.1) is 11.8 Å². The minimum atomic E-state index is -0.533. The SMILES string of the molecule is CCCC(CCOC(=O)CN1C(=O)C=CC1=O)C(C)C. The summed E-state index contributed by atoms with van der Waals surface area (Å²) in [6.07, 6.45) is 5.36. The molecule has 1 rings (SSSR count). The van der Waals surface area contributed by atoms with Gasteiger partial charge in [0.25, 0.3) is 11.8 Å². The normalized spacial score (nSPS) is 16.1. The number of carbonyl (C=O) groups is 3. The molecule has 1 unspecified atom stereocenters. The number of esters is 1. The largest absolute Gasteiger partial charge is 0.464 e. The lowest BCUT2D eigenvalue weighted by Gasteiger charge is -2.20. The molecule has 0 fully saturated rings. The van der Waals surface area contributed by atoms with Gasteiger partial charge in [-0.25, -0.2) is 0 Å². The van der Waals surface area contributed by atoms with E-state index in [0.717, 1.165) is 36.3 Å². The van der Waals surface area contributed by atoms with Crippen LogP contribution in [0.4, 0.5) is 0 Å². The van der Waals surface area contributed by atoms with Crippen molar-refractivity contribution in [3.8, 4) is 0 Å². The van der Waals surface area contributed by atoms with E-state index in [1.807, 2.05) is 0 Å². The zero-order chi connectivity index (χ0) is 15.1. The minimum Gasteiger partial charge on any atom is -0.464 e. The van der Waals surface area contributed by atoms with E-state index in [-0.39, 0.29) is 6.54 Å². The van der Waals surface area contributed by atoms with E-state index in [1.165, 1.54) is 0 Å². The molecule has 0 aliphatic carbocycles.